The highest BCUT2D eigenvalue weighted by atomic mass is 16.2. The average Bonchev–Trinajstić information content (AvgIpc) is 3.23. The van der Waals surface area contributed by atoms with Gasteiger partial charge in [-0.2, -0.15) is 5.10 Å². The Morgan fingerprint density at radius 1 is 1.38 bits per heavy atom. The van der Waals surface area contributed by atoms with Gasteiger partial charge in [0.1, 0.15) is 0 Å². The topological polar surface area (TPSA) is 90.0 Å². The summed E-state index contributed by atoms with van der Waals surface area (Å²) in [6.07, 6.45) is 6.34. The lowest BCUT2D eigenvalue weighted by molar-refractivity contribution is 0.0826. The molecule has 2 aromatic rings. The van der Waals surface area contributed by atoms with Gasteiger partial charge in [-0.3, -0.25) is 14.8 Å². The maximum Gasteiger partial charge on any atom is 0.256 e. The highest BCUT2D eigenvalue weighted by molar-refractivity contribution is 5.94. The van der Waals surface area contributed by atoms with Gasteiger partial charge in [0.25, 0.3) is 5.91 Å². The number of carbonyl (C=O) groups excluding carboxylic acids is 1. The van der Waals surface area contributed by atoms with E-state index in [1.807, 2.05) is 12.4 Å². The van der Waals surface area contributed by atoms with Gasteiger partial charge >= 0.3 is 0 Å². The number of hydrogen-bond acceptors (Lipinski definition) is 6. The number of nitrogens with one attached hydrogen (secondary N) is 2. The number of rotatable bonds is 5. The molecule has 24 heavy (non-hydrogen) atoms. The third-order valence-electron chi connectivity index (χ3n) is 4.32. The van der Waals surface area contributed by atoms with Gasteiger partial charge in [-0.25, -0.2) is 9.97 Å². The first kappa shape index (κ1) is 16.4. The molecular weight excluding hydrogens is 306 g/mol. The Morgan fingerprint density at radius 2 is 2.12 bits per heavy atom. The van der Waals surface area contributed by atoms with Gasteiger partial charge in [0.15, 0.2) is 0 Å². The summed E-state index contributed by atoms with van der Waals surface area (Å²) in [7, 11) is 5.32. The number of carbonyl (C=O) groups is 1. The maximum absolute atomic E-state index is 12.2. The molecule has 2 N–H and O–H groups in total. The second-order valence-electron chi connectivity index (χ2n) is 6.28. The second kappa shape index (κ2) is 6.96. The van der Waals surface area contributed by atoms with E-state index in [-0.39, 0.29) is 5.91 Å². The fourth-order valence-corrected chi connectivity index (χ4v) is 3.05. The lowest BCUT2D eigenvalue weighted by atomic mass is 10.0. The van der Waals surface area contributed by atoms with Crippen molar-refractivity contribution in [1.29, 1.82) is 0 Å². The number of amides is 1. The van der Waals surface area contributed by atoms with E-state index in [9.17, 15) is 4.79 Å². The van der Waals surface area contributed by atoms with Crippen LogP contribution in [-0.2, 0) is 6.54 Å². The Bertz CT molecular complexity index is 695. The molecule has 3 heterocycles. The van der Waals surface area contributed by atoms with Crippen LogP contribution in [0, 0.1) is 0 Å². The van der Waals surface area contributed by atoms with E-state index in [2.05, 4.69) is 30.4 Å². The van der Waals surface area contributed by atoms with Gasteiger partial charge in [-0.15, -0.1) is 0 Å². The molecule has 128 valence electrons. The Kier molecular flexibility index (Phi) is 4.75. The van der Waals surface area contributed by atoms with E-state index in [1.165, 1.54) is 0 Å². The van der Waals surface area contributed by atoms with E-state index in [0.717, 1.165) is 37.3 Å². The lowest BCUT2D eigenvalue weighted by Gasteiger charge is -2.16. The summed E-state index contributed by atoms with van der Waals surface area (Å²) in [5.74, 6) is 0.916. The third kappa shape index (κ3) is 3.38. The van der Waals surface area contributed by atoms with Crippen molar-refractivity contribution < 1.29 is 4.79 Å². The summed E-state index contributed by atoms with van der Waals surface area (Å²) in [5, 5.41) is 10.0. The molecule has 3 rings (SSSR count). The monoisotopic (exact) mass is 329 g/mol. The SMILES string of the molecule is CNc1ncc(CN2CC[C@@H](c3[nH]ncc3C(=O)N(C)C)C2)cn1. The first-order chi connectivity index (χ1) is 11.6. The number of anilines is 1. The van der Waals surface area contributed by atoms with Crippen molar-refractivity contribution in [3.8, 4) is 0 Å². The summed E-state index contributed by atoms with van der Waals surface area (Å²) in [6.45, 7) is 2.68. The quantitative estimate of drug-likeness (QED) is 0.848. The molecule has 0 spiro atoms. The maximum atomic E-state index is 12.2. The Labute approximate surface area is 141 Å². The Hall–Kier alpha value is -2.48. The summed E-state index contributed by atoms with van der Waals surface area (Å²) in [5.41, 5.74) is 2.70. The summed E-state index contributed by atoms with van der Waals surface area (Å²) in [4.78, 5) is 24.7. The van der Waals surface area contributed by atoms with Crippen LogP contribution in [0.5, 0.6) is 0 Å². The standard InChI is InChI=1S/C16H23N7O/c1-17-16-18-6-11(7-19-16)9-23-5-4-12(10-23)14-13(8-20-21-14)15(24)22(2)3/h6-8,12H,4-5,9-10H2,1-3H3,(H,20,21)(H,17,18,19)/t12-/m1/s1. The fraction of sp³-hybridized carbons (Fsp3) is 0.500. The molecule has 8 nitrogen and oxygen atoms in total. The van der Waals surface area contributed by atoms with Crippen molar-refractivity contribution in [1.82, 2.24) is 30.0 Å². The van der Waals surface area contributed by atoms with E-state index >= 15 is 0 Å². The number of likely N-dealkylation sites (tertiary alicyclic amines) is 1. The number of nitrogens with zero attached hydrogens (tertiary/aromatic N) is 5. The largest absolute Gasteiger partial charge is 0.357 e. The van der Waals surface area contributed by atoms with Crippen molar-refractivity contribution in [3.05, 3.63) is 35.4 Å². The first-order valence-corrected chi connectivity index (χ1v) is 8.04. The van der Waals surface area contributed by atoms with Crippen LogP contribution >= 0.6 is 0 Å². The Balaban J connectivity index is 1.65. The van der Waals surface area contributed by atoms with Gasteiger partial charge in [0, 0.05) is 58.1 Å². The normalized spacial score (nSPS) is 17.9. The molecule has 0 aliphatic carbocycles. The van der Waals surface area contributed by atoms with Crippen LogP contribution in [0.2, 0.25) is 0 Å². The number of H-pyrrole nitrogens is 1. The zero-order chi connectivity index (χ0) is 17.1. The van der Waals surface area contributed by atoms with Crippen molar-refractivity contribution >= 4 is 11.9 Å². The number of aromatic amines is 1. The van der Waals surface area contributed by atoms with Crippen molar-refractivity contribution in [3.63, 3.8) is 0 Å². The molecule has 8 heteroatoms. The minimum atomic E-state index is -0.00625. The summed E-state index contributed by atoms with van der Waals surface area (Å²) in [6, 6.07) is 0. The zero-order valence-corrected chi connectivity index (χ0v) is 14.3. The lowest BCUT2D eigenvalue weighted by Crippen LogP contribution is -2.24. The average molecular weight is 329 g/mol. The molecule has 1 aliphatic heterocycles. The molecule has 1 aliphatic rings. The van der Waals surface area contributed by atoms with Crippen molar-refractivity contribution in [2.75, 3.05) is 39.5 Å². The second-order valence-corrected chi connectivity index (χ2v) is 6.28. The van der Waals surface area contributed by atoms with Gasteiger partial charge in [0.05, 0.1) is 17.5 Å². The summed E-state index contributed by atoms with van der Waals surface area (Å²) >= 11 is 0. The van der Waals surface area contributed by atoms with E-state index < -0.39 is 0 Å². The van der Waals surface area contributed by atoms with Crippen molar-refractivity contribution in [2.24, 2.45) is 0 Å². The van der Waals surface area contributed by atoms with Gasteiger partial charge < -0.3 is 10.2 Å². The van der Waals surface area contributed by atoms with Crippen LogP contribution in [0.3, 0.4) is 0 Å². The highest BCUT2D eigenvalue weighted by Gasteiger charge is 2.29. The summed E-state index contributed by atoms with van der Waals surface area (Å²) < 4.78 is 0. The molecule has 0 aromatic carbocycles. The minimum absolute atomic E-state index is 0.00625. The molecule has 0 saturated carbocycles. The van der Waals surface area contributed by atoms with Gasteiger partial charge in [-0.05, 0) is 13.0 Å². The van der Waals surface area contributed by atoms with Gasteiger partial charge in [-0.1, -0.05) is 0 Å². The zero-order valence-electron chi connectivity index (χ0n) is 14.3. The van der Waals surface area contributed by atoms with Crippen LogP contribution in [0.1, 0.15) is 34.0 Å². The first-order valence-electron chi connectivity index (χ1n) is 8.04. The molecule has 0 radical (unpaired) electrons. The number of aromatic nitrogens is 4. The number of hydrogen-bond donors (Lipinski definition) is 2. The predicted molar refractivity (Wildman–Crippen MR) is 90.8 cm³/mol. The van der Waals surface area contributed by atoms with Crippen LogP contribution in [0.4, 0.5) is 5.95 Å². The predicted octanol–water partition coefficient (Wildman–Crippen LogP) is 0.933. The van der Waals surface area contributed by atoms with E-state index in [4.69, 9.17) is 0 Å². The van der Waals surface area contributed by atoms with Crippen LogP contribution < -0.4 is 5.32 Å². The van der Waals surface area contributed by atoms with E-state index in [1.54, 1.807) is 32.2 Å². The molecule has 2 aromatic heterocycles. The molecule has 1 saturated heterocycles. The van der Waals surface area contributed by atoms with Crippen LogP contribution in [-0.4, -0.2) is 70.1 Å². The molecular formula is C16H23N7O. The molecule has 1 amide bonds. The minimum Gasteiger partial charge on any atom is -0.357 e. The highest BCUT2D eigenvalue weighted by Crippen LogP contribution is 2.29. The van der Waals surface area contributed by atoms with Crippen LogP contribution in [0.15, 0.2) is 18.6 Å². The smallest absolute Gasteiger partial charge is 0.256 e. The molecule has 1 atom stereocenters. The fourth-order valence-electron chi connectivity index (χ4n) is 3.05. The molecule has 0 unspecified atom stereocenters. The van der Waals surface area contributed by atoms with E-state index in [0.29, 0.717) is 17.4 Å². The van der Waals surface area contributed by atoms with Gasteiger partial charge in [0.2, 0.25) is 5.95 Å². The third-order valence-corrected chi connectivity index (χ3v) is 4.32. The molecule has 1 fully saturated rings. The molecule has 0 bridgehead atoms. The Morgan fingerprint density at radius 3 is 2.79 bits per heavy atom. The van der Waals surface area contributed by atoms with Crippen LogP contribution in [0.25, 0.3) is 0 Å². The van der Waals surface area contributed by atoms with Crippen molar-refractivity contribution in [2.45, 2.75) is 18.9 Å².